The van der Waals surface area contributed by atoms with Crippen LogP contribution in [0.15, 0.2) is 29.6 Å². The first kappa shape index (κ1) is 19.3. The minimum Gasteiger partial charge on any atom is -0.493 e. The van der Waals surface area contributed by atoms with Gasteiger partial charge in [-0.05, 0) is 11.4 Å². The van der Waals surface area contributed by atoms with Crippen molar-refractivity contribution in [2.24, 2.45) is 5.73 Å². The SMILES string of the molecule is COc1cc(NC(=O)Cc2cccs2)c(C(=O)OCC(N)=O)cc1OC. The molecule has 3 N–H and O–H groups in total. The summed E-state index contributed by atoms with van der Waals surface area (Å²) in [6.07, 6.45) is 0.155. The Morgan fingerprint density at radius 2 is 1.85 bits per heavy atom. The molecule has 0 aliphatic carbocycles. The lowest BCUT2D eigenvalue weighted by atomic mass is 10.1. The highest BCUT2D eigenvalue weighted by Gasteiger charge is 2.20. The van der Waals surface area contributed by atoms with Crippen molar-refractivity contribution >= 4 is 34.8 Å². The second kappa shape index (κ2) is 8.86. The Morgan fingerprint density at radius 1 is 1.15 bits per heavy atom. The van der Waals surface area contributed by atoms with Crippen molar-refractivity contribution in [2.45, 2.75) is 6.42 Å². The Hall–Kier alpha value is -3.07. The van der Waals surface area contributed by atoms with E-state index in [-0.39, 0.29) is 29.3 Å². The number of carbonyl (C=O) groups is 3. The van der Waals surface area contributed by atoms with E-state index < -0.39 is 18.5 Å². The molecule has 9 heteroatoms. The molecule has 1 aromatic heterocycles. The van der Waals surface area contributed by atoms with E-state index in [1.165, 1.54) is 37.7 Å². The van der Waals surface area contributed by atoms with Gasteiger partial charge in [0, 0.05) is 17.0 Å². The molecule has 0 saturated heterocycles. The van der Waals surface area contributed by atoms with E-state index in [9.17, 15) is 14.4 Å². The van der Waals surface area contributed by atoms with Gasteiger partial charge < -0.3 is 25.3 Å². The number of thiophene rings is 1. The number of primary amides is 1. The zero-order valence-electron chi connectivity index (χ0n) is 14.2. The van der Waals surface area contributed by atoms with Crippen molar-refractivity contribution in [3.63, 3.8) is 0 Å². The number of amides is 2. The molecule has 0 spiro atoms. The third-order valence-corrected chi connectivity index (χ3v) is 4.15. The molecule has 0 unspecified atom stereocenters. The average Bonchev–Trinajstić information content (AvgIpc) is 3.11. The Kier molecular flexibility index (Phi) is 6.56. The first-order valence-corrected chi connectivity index (χ1v) is 8.36. The molecule has 0 aliphatic rings. The first-order chi connectivity index (χ1) is 12.4. The third-order valence-electron chi connectivity index (χ3n) is 3.28. The van der Waals surface area contributed by atoms with Gasteiger partial charge in [0.05, 0.1) is 31.9 Å². The number of carbonyl (C=O) groups excluding carboxylic acids is 3. The van der Waals surface area contributed by atoms with Crippen LogP contribution in [-0.2, 0) is 20.7 Å². The second-order valence-corrected chi connectivity index (χ2v) is 6.13. The zero-order valence-corrected chi connectivity index (χ0v) is 15.1. The third kappa shape index (κ3) is 4.96. The van der Waals surface area contributed by atoms with Crippen molar-refractivity contribution in [1.82, 2.24) is 0 Å². The van der Waals surface area contributed by atoms with Crippen LogP contribution in [0.4, 0.5) is 5.69 Å². The fraction of sp³-hybridized carbons (Fsp3) is 0.235. The molecule has 0 fully saturated rings. The molecule has 138 valence electrons. The summed E-state index contributed by atoms with van der Waals surface area (Å²) in [5, 5.41) is 4.53. The molecule has 26 heavy (non-hydrogen) atoms. The number of esters is 1. The lowest BCUT2D eigenvalue weighted by Crippen LogP contribution is -2.22. The van der Waals surface area contributed by atoms with Gasteiger partial charge in [0.2, 0.25) is 5.91 Å². The minimum absolute atomic E-state index is 0.0171. The van der Waals surface area contributed by atoms with Crippen molar-refractivity contribution < 1.29 is 28.6 Å². The van der Waals surface area contributed by atoms with Gasteiger partial charge in [-0.25, -0.2) is 4.79 Å². The van der Waals surface area contributed by atoms with E-state index in [1.54, 1.807) is 0 Å². The highest BCUT2D eigenvalue weighted by atomic mass is 32.1. The molecule has 2 rings (SSSR count). The standard InChI is InChI=1S/C17H18N2O6S/c1-23-13-7-11(17(22)25-9-15(18)20)12(8-14(13)24-2)19-16(21)6-10-4-3-5-26-10/h3-5,7-8H,6,9H2,1-2H3,(H2,18,20)(H,19,21). The fourth-order valence-corrected chi connectivity index (χ4v) is 2.84. The van der Waals surface area contributed by atoms with Crippen LogP contribution in [0.3, 0.4) is 0 Å². The lowest BCUT2D eigenvalue weighted by Gasteiger charge is -2.15. The summed E-state index contributed by atoms with van der Waals surface area (Å²) in [5.74, 6) is -1.33. The fourth-order valence-electron chi connectivity index (χ4n) is 2.13. The maximum atomic E-state index is 12.3. The van der Waals surface area contributed by atoms with Crippen molar-refractivity contribution in [3.05, 3.63) is 40.1 Å². The highest BCUT2D eigenvalue weighted by molar-refractivity contribution is 7.10. The maximum absolute atomic E-state index is 12.3. The van der Waals surface area contributed by atoms with Crippen LogP contribution < -0.4 is 20.5 Å². The van der Waals surface area contributed by atoms with Gasteiger partial charge in [0.1, 0.15) is 0 Å². The maximum Gasteiger partial charge on any atom is 0.340 e. The monoisotopic (exact) mass is 378 g/mol. The number of methoxy groups -OCH3 is 2. The summed E-state index contributed by atoms with van der Waals surface area (Å²) in [6.45, 7) is -0.574. The summed E-state index contributed by atoms with van der Waals surface area (Å²) in [7, 11) is 2.84. The number of hydrogen-bond acceptors (Lipinski definition) is 7. The van der Waals surface area contributed by atoms with E-state index in [2.05, 4.69) is 5.32 Å². The Balaban J connectivity index is 2.29. The van der Waals surface area contributed by atoms with Crippen molar-refractivity contribution in [3.8, 4) is 11.5 Å². The number of nitrogens with two attached hydrogens (primary N) is 1. The lowest BCUT2D eigenvalue weighted by molar-refractivity contribution is -0.121. The van der Waals surface area contributed by atoms with Crippen molar-refractivity contribution in [2.75, 3.05) is 26.1 Å². The molecule has 0 bridgehead atoms. The quantitative estimate of drug-likeness (QED) is 0.674. The van der Waals surface area contributed by atoms with E-state index in [1.807, 2.05) is 17.5 Å². The molecule has 0 saturated carbocycles. The van der Waals surface area contributed by atoms with Crippen LogP contribution in [0, 0.1) is 0 Å². The average molecular weight is 378 g/mol. The largest absolute Gasteiger partial charge is 0.493 e. The highest BCUT2D eigenvalue weighted by Crippen LogP contribution is 2.34. The Morgan fingerprint density at radius 3 is 2.42 bits per heavy atom. The van der Waals surface area contributed by atoms with E-state index in [0.717, 1.165) is 4.88 Å². The normalized spacial score (nSPS) is 10.1. The van der Waals surface area contributed by atoms with Crippen LogP contribution in [0.1, 0.15) is 15.2 Å². The molecule has 2 amide bonds. The van der Waals surface area contributed by atoms with E-state index >= 15 is 0 Å². The van der Waals surface area contributed by atoms with E-state index in [0.29, 0.717) is 5.75 Å². The van der Waals surface area contributed by atoms with Gasteiger partial charge in [0.25, 0.3) is 5.91 Å². The van der Waals surface area contributed by atoms with Gasteiger partial charge in [-0.1, -0.05) is 6.07 Å². The summed E-state index contributed by atoms with van der Waals surface area (Å²) in [5.41, 5.74) is 5.18. The molecule has 0 radical (unpaired) electrons. The van der Waals surface area contributed by atoms with Crippen LogP contribution in [-0.4, -0.2) is 38.6 Å². The predicted octanol–water partition coefficient (Wildman–Crippen LogP) is 1.59. The molecule has 0 aliphatic heterocycles. The zero-order chi connectivity index (χ0) is 19.1. The summed E-state index contributed by atoms with van der Waals surface area (Å²) >= 11 is 1.45. The van der Waals surface area contributed by atoms with Gasteiger partial charge in [-0.2, -0.15) is 0 Å². The molecule has 8 nitrogen and oxygen atoms in total. The molecule has 0 atom stereocenters. The molecule has 1 aromatic carbocycles. The van der Waals surface area contributed by atoms with Crippen LogP contribution in [0.25, 0.3) is 0 Å². The number of anilines is 1. The van der Waals surface area contributed by atoms with E-state index in [4.69, 9.17) is 19.9 Å². The molecule has 1 heterocycles. The summed E-state index contributed by atoms with van der Waals surface area (Å²) in [4.78, 5) is 36.2. The minimum atomic E-state index is -0.823. The number of hydrogen-bond donors (Lipinski definition) is 2. The molecular weight excluding hydrogens is 360 g/mol. The number of rotatable bonds is 8. The van der Waals surface area contributed by atoms with Gasteiger partial charge in [-0.15, -0.1) is 11.3 Å². The van der Waals surface area contributed by atoms with Gasteiger partial charge >= 0.3 is 5.97 Å². The smallest absolute Gasteiger partial charge is 0.340 e. The molecule has 2 aromatic rings. The van der Waals surface area contributed by atoms with Crippen molar-refractivity contribution in [1.29, 1.82) is 0 Å². The predicted molar refractivity (Wildman–Crippen MR) is 95.7 cm³/mol. The Bertz CT molecular complexity index is 804. The van der Waals surface area contributed by atoms with Gasteiger partial charge in [-0.3, -0.25) is 9.59 Å². The van der Waals surface area contributed by atoms with Crippen LogP contribution in [0.2, 0.25) is 0 Å². The molecular formula is C17H18N2O6S. The second-order valence-electron chi connectivity index (χ2n) is 5.10. The number of nitrogens with one attached hydrogen (secondary N) is 1. The van der Waals surface area contributed by atoms with Crippen LogP contribution in [0.5, 0.6) is 11.5 Å². The number of benzene rings is 1. The Labute approximate surface area is 153 Å². The summed E-state index contributed by atoms with van der Waals surface area (Å²) in [6, 6.07) is 6.49. The van der Waals surface area contributed by atoms with Crippen LogP contribution >= 0.6 is 11.3 Å². The topological polar surface area (TPSA) is 117 Å². The first-order valence-electron chi connectivity index (χ1n) is 7.48. The van der Waals surface area contributed by atoms with Gasteiger partial charge in [0.15, 0.2) is 18.1 Å². The number of ether oxygens (including phenoxy) is 3. The summed E-state index contributed by atoms with van der Waals surface area (Å²) < 4.78 is 15.2.